The zero-order chi connectivity index (χ0) is 68.6. The maximum atomic E-state index is 13.1. The van der Waals surface area contributed by atoms with Crippen LogP contribution in [-0.2, 0) is 65.4 Å². The molecule has 0 fully saturated rings. The Balaban J connectivity index is 5.23. The monoisotopic (exact) mass is 1370 g/mol. The molecule has 0 aliphatic heterocycles. The Bertz CT molecular complexity index is 1810. The maximum Gasteiger partial charge on any atom is 0.472 e. The Labute approximate surface area is 568 Å². The number of hydrogen-bond donors (Lipinski definition) is 3. The van der Waals surface area contributed by atoms with Gasteiger partial charge in [0, 0.05) is 25.7 Å². The van der Waals surface area contributed by atoms with E-state index in [0.717, 1.165) is 102 Å². The number of phosphoric acid groups is 2. The summed E-state index contributed by atoms with van der Waals surface area (Å²) in [4.78, 5) is 72.7. The smallest absolute Gasteiger partial charge is 0.462 e. The Morgan fingerprint density at radius 3 is 0.817 bits per heavy atom. The van der Waals surface area contributed by atoms with Crippen molar-refractivity contribution in [1.29, 1.82) is 0 Å². The SMILES string of the molecule is CCCCCCCCCCCCCCCCCC(=O)OC[C@H](COP(=O)(O)OC[C@@H](O)COP(=O)(O)OC[C@@H](COC(=O)CCCCCCCCCCC)OC(=O)CCCCCCCCCCC(C)C)OC(=O)CCCCCCCCCCCCCCCCC(C)CC. The minimum Gasteiger partial charge on any atom is -0.462 e. The highest BCUT2D eigenvalue weighted by Gasteiger charge is 2.30. The van der Waals surface area contributed by atoms with Crippen molar-refractivity contribution >= 4 is 39.5 Å². The van der Waals surface area contributed by atoms with Gasteiger partial charge in [-0.2, -0.15) is 0 Å². The molecule has 0 bridgehead atoms. The van der Waals surface area contributed by atoms with Crippen molar-refractivity contribution < 1.29 is 80.2 Å². The van der Waals surface area contributed by atoms with E-state index in [1.165, 1.54) is 199 Å². The maximum absolute atomic E-state index is 13.1. The molecule has 0 aliphatic carbocycles. The summed E-state index contributed by atoms with van der Waals surface area (Å²) in [7, 11) is -9.90. The number of rotatable bonds is 73. The molecule has 0 aromatic carbocycles. The lowest BCUT2D eigenvalue weighted by molar-refractivity contribution is -0.161. The predicted octanol–water partition coefficient (Wildman–Crippen LogP) is 21.6. The quantitative estimate of drug-likeness (QED) is 0.0222. The lowest BCUT2D eigenvalue weighted by atomic mass is 9.99. The summed E-state index contributed by atoms with van der Waals surface area (Å²) < 4.78 is 68.4. The van der Waals surface area contributed by atoms with Gasteiger partial charge in [-0.05, 0) is 37.5 Å². The molecular formula is C74H144O17P2. The molecule has 0 spiro atoms. The van der Waals surface area contributed by atoms with Crippen LogP contribution in [0.2, 0.25) is 0 Å². The summed E-state index contributed by atoms with van der Waals surface area (Å²) in [5.41, 5.74) is 0. The second-order valence-electron chi connectivity index (χ2n) is 27.4. The lowest BCUT2D eigenvalue weighted by Gasteiger charge is -2.21. The molecule has 0 saturated carbocycles. The zero-order valence-corrected chi connectivity index (χ0v) is 62.3. The first-order chi connectivity index (χ1) is 44.9. The Morgan fingerprint density at radius 1 is 0.312 bits per heavy atom. The first-order valence-corrected chi connectivity index (χ1v) is 41.5. The van der Waals surface area contributed by atoms with Crippen LogP contribution in [0.4, 0.5) is 0 Å². The molecule has 0 saturated heterocycles. The Kier molecular flexibility index (Phi) is 64.6. The largest absolute Gasteiger partial charge is 0.472 e. The molecule has 0 aliphatic rings. The van der Waals surface area contributed by atoms with Crippen molar-refractivity contribution in [3.05, 3.63) is 0 Å². The third-order valence-corrected chi connectivity index (χ3v) is 19.5. The van der Waals surface area contributed by atoms with Gasteiger partial charge in [0.2, 0.25) is 0 Å². The second kappa shape index (κ2) is 66.0. The third kappa shape index (κ3) is 67.0. The molecule has 3 N–H and O–H groups in total. The van der Waals surface area contributed by atoms with Crippen LogP contribution >= 0.6 is 15.6 Å². The topological polar surface area (TPSA) is 237 Å². The zero-order valence-electron chi connectivity index (χ0n) is 60.6. The summed E-state index contributed by atoms with van der Waals surface area (Å²) in [6.45, 7) is 9.58. The summed E-state index contributed by atoms with van der Waals surface area (Å²) >= 11 is 0. The number of phosphoric ester groups is 2. The first kappa shape index (κ1) is 91.1. The van der Waals surface area contributed by atoms with Gasteiger partial charge in [-0.25, -0.2) is 9.13 Å². The fourth-order valence-corrected chi connectivity index (χ4v) is 12.8. The molecule has 0 heterocycles. The summed E-state index contributed by atoms with van der Waals surface area (Å²) in [5.74, 6) is -0.556. The number of carbonyl (C=O) groups excluding carboxylic acids is 4. The average molecular weight is 1370 g/mol. The fraction of sp³-hybridized carbons (Fsp3) is 0.946. The van der Waals surface area contributed by atoms with Crippen LogP contribution in [0, 0.1) is 11.8 Å². The van der Waals surface area contributed by atoms with Gasteiger partial charge < -0.3 is 33.8 Å². The van der Waals surface area contributed by atoms with E-state index in [0.29, 0.717) is 25.7 Å². The molecule has 0 rings (SSSR count). The van der Waals surface area contributed by atoms with Gasteiger partial charge in [0.1, 0.15) is 19.3 Å². The highest BCUT2D eigenvalue weighted by atomic mass is 31.2. The summed E-state index contributed by atoms with van der Waals surface area (Å²) in [6.07, 6.45) is 52.7. The van der Waals surface area contributed by atoms with Gasteiger partial charge in [-0.15, -0.1) is 0 Å². The molecule has 6 atom stereocenters. The van der Waals surface area contributed by atoms with Crippen molar-refractivity contribution in [3.63, 3.8) is 0 Å². The van der Waals surface area contributed by atoms with Gasteiger partial charge in [0.05, 0.1) is 26.4 Å². The number of aliphatic hydroxyl groups excluding tert-OH is 1. The molecule has 0 aromatic rings. The molecule has 0 radical (unpaired) electrons. The van der Waals surface area contributed by atoms with Crippen molar-refractivity contribution in [2.24, 2.45) is 11.8 Å². The van der Waals surface area contributed by atoms with Gasteiger partial charge in [0.25, 0.3) is 0 Å². The number of hydrogen-bond acceptors (Lipinski definition) is 15. The van der Waals surface area contributed by atoms with Gasteiger partial charge in [-0.1, -0.05) is 330 Å². The lowest BCUT2D eigenvalue weighted by Crippen LogP contribution is -2.30. The van der Waals surface area contributed by atoms with Crippen LogP contribution in [0.25, 0.3) is 0 Å². The van der Waals surface area contributed by atoms with Crippen LogP contribution in [0.15, 0.2) is 0 Å². The molecule has 3 unspecified atom stereocenters. The third-order valence-electron chi connectivity index (χ3n) is 17.6. The summed E-state index contributed by atoms with van der Waals surface area (Å²) in [6, 6.07) is 0. The molecular weight excluding hydrogens is 1220 g/mol. The minimum absolute atomic E-state index is 0.105. The molecule has 17 nitrogen and oxygen atoms in total. The number of aliphatic hydroxyl groups is 1. The Morgan fingerprint density at radius 2 is 0.548 bits per heavy atom. The Hall–Kier alpha value is -1.94. The van der Waals surface area contributed by atoms with Crippen LogP contribution < -0.4 is 0 Å². The number of ether oxygens (including phenoxy) is 4. The molecule has 93 heavy (non-hydrogen) atoms. The van der Waals surface area contributed by atoms with E-state index in [1.807, 2.05) is 0 Å². The van der Waals surface area contributed by atoms with E-state index in [4.69, 9.17) is 37.0 Å². The van der Waals surface area contributed by atoms with Crippen LogP contribution in [0.3, 0.4) is 0 Å². The number of esters is 4. The molecule has 0 aromatic heterocycles. The first-order valence-electron chi connectivity index (χ1n) is 38.5. The van der Waals surface area contributed by atoms with E-state index >= 15 is 0 Å². The summed E-state index contributed by atoms with van der Waals surface area (Å²) in [5, 5.41) is 10.6. The number of unbranched alkanes of at least 4 members (excludes halogenated alkanes) is 42. The predicted molar refractivity (Wildman–Crippen MR) is 377 cm³/mol. The van der Waals surface area contributed by atoms with Crippen LogP contribution in [-0.4, -0.2) is 96.7 Å². The van der Waals surface area contributed by atoms with E-state index in [-0.39, 0.29) is 25.7 Å². The van der Waals surface area contributed by atoms with E-state index < -0.39 is 97.5 Å². The number of carbonyl (C=O) groups is 4. The minimum atomic E-state index is -4.96. The highest BCUT2D eigenvalue weighted by molar-refractivity contribution is 7.47. The van der Waals surface area contributed by atoms with Crippen molar-refractivity contribution in [2.75, 3.05) is 39.6 Å². The van der Waals surface area contributed by atoms with Gasteiger partial charge >= 0.3 is 39.5 Å². The van der Waals surface area contributed by atoms with Crippen molar-refractivity contribution in [3.8, 4) is 0 Å². The van der Waals surface area contributed by atoms with Crippen LogP contribution in [0.1, 0.15) is 382 Å². The van der Waals surface area contributed by atoms with E-state index in [9.17, 15) is 43.2 Å². The van der Waals surface area contributed by atoms with E-state index in [2.05, 4.69) is 41.5 Å². The standard InChI is InChI=1S/C74H144O17P2/c1-7-10-12-14-16-18-19-20-21-25-28-32-39-45-51-57-72(77)85-63-69(90-73(78)58-52-46-40-33-29-26-23-22-24-27-31-37-43-49-55-67(6)9-3)64-88-92(80,81)86-60-68(75)61-87-93(82,83)89-65-70(62-84-71(76)56-50-44-38-30-17-15-13-11-8-2)91-74(79)59-53-47-41-35-34-36-42-48-54-66(4)5/h66-70,75H,7-65H2,1-6H3,(H,80,81)(H,82,83)/t67?,68-,69-,70-/m1/s1. The van der Waals surface area contributed by atoms with Crippen molar-refractivity contribution in [2.45, 2.75) is 400 Å². The second-order valence-corrected chi connectivity index (χ2v) is 30.3. The normalized spacial score (nSPS) is 14.3. The molecule has 0 amide bonds. The fourth-order valence-electron chi connectivity index (χ4n) is 11.3. The average Bonchev–Trinajstić information content (AvgIpc) is 1.58. The van der Waals surface area contributed by atoms with Crippen LogP contribution in [0.5, 0.6) is 0 Å². The highest BCUT2D eigenvalue weighted by Crippen LogP contribution is 2.45. The molecule has 19 heteroatoms. The van der Waals surface area contributed by atoms with Gasteiger partial charge in [-0.3, -0.25) is 37.3 Å². The van der Waals surface area contributed by atoms with Crippen molar-refractivity contribution in [1.82, 2.24) is 0 Å². The van der Waals surface area contributed by atoms with Gasteiger partial charge in [0.15, 0.2) is 12.2 Å². The van der Waals surface area contributed by atoms with E-state index in [1.54, 1.807) is 0 Å². The molecule has 552 valence electrons.